The molecule has 2 aromatic rings. The number of nitrogens with zero attached hydrogens (tertiary/aromatic N) is 3. The monoisotopic (exact) mass is 370 g/mol. The molecular formula is C15H20BrClN4. The Balaban J connectivity index is 2.46. The molecule has 0 aliphatic rings. The standard InChI is InChI=1S/C15H20BrClN4/c1-9-13(17)10(2)21(20-9)14-11(6-12(16)8-18-14)7-19-15(3,4)5/h6,8,19H,7H2,1-5H3. The first-order chi connectivity index (χ1) is 9.69. The van der Waals surface area contributed by atoms with E-state index >= 15 is 0 Å². The van der Waals surface area contributed by atoms with E-state index in [-0.39, 0.29) is 5.54 Å². The Labute approximate surface area is 139 Å². The van der Waals surface area contributed by atoms with Gasteiger partial charge in [-0.3, -0.25) is 0 Å². The summed E-state index contributed by atoms with van der Waals surface area (Å²) in [5, 5.41) is 8.66. The van der Waals surface area contributed by atoms with E-state index < -0.39 is 0 Å². The number of halogens is 2. The Hall–Kier alpha value is -0.910. The molecule has 0 aliphatic carbocycles. The van der Waals surface area contributed by atoms with Gasteiger partial charge in [0.25, 0.3) is 0 Å². The lowest BCUT2D eigenvalue weighted by Gasteiger charge is -2.21. The largest absolute Gasteiger partial charge is 0.308 e. The van der Waals surface area contributed by atoms with Crippen LogP contribution in [0.15, 0.2) is 16.7 Å². The third-order valence-electron chi connectivity index (χ3n) is 3.12. The molecule has 2 rings (SSSR count). The van der Waals surface area contributed by atoms with Gasteiger partial charge < -0.3 is 5.32 Å². The highest BCUT2D eigenvalue weighted by Gasteiger charge is 2.17. The summed E-state index contributed by atoms with van der Waals surface area (Å²) >= 11 is 9.73. The van der Waals surface area contributed by atoms with E-state index in [0.29, 0.717) is 11.6 Å². The molecule has 0 aliphatic heterocycles. The first kappa shape index (κ1) is 16.5. The first-order valence-electron chi connectivity index (χ1n) is 6.80. The van der Waals surface area contributed by atoms with E-state index in [2.05, 4.69) is 58.2 Å². The topological polar surface area (TPSA) is 42.7 Å². The van der Waals surface area contributed by atoms with Gasteiger partial charge in [-0.15, -0.1) is 0 Å². The van der Waals surface area contributed by atoms with Crippen LogP contribution in [0.4, 0.5) is 0 Å². The number of hydrogen-bond acceptors (Lipinski definition) is 3. The zero-order valence-corrected chi connectivity index (χ0v) is 15.3. The second-order valence-corrected chi connectivity index (χ2v) is 7.43. The van der Waals surface area contributed by atoms with Crippen LogP contribution in [-0.2, 0) is 6.54 Å². The Kier molecular flexibility index (Phi) is 4.76. The van der Waals surface area contributed by atoms with Gasteiger partial charge in [-0.05, 0) is 56.6 Å². The molecule has 2 aromatic heterocycles. The van der Waals surface area contributed by atoms with Crippen molar-refractivity contribution in [3.05, 3.63) is 38.7 Å². The molecule has 0 unspecified atom stereocenters. The van der Waals surface area contributed by atoms with E-state index in [4.69, 9.17) is 11.6 Å². The highest BCUT2D eigenvalue weighted by Crippen LogP contribution is 2.24. The zero-order valence-electron chi connectivity index (χ0n) is 13.0. The number of nitrogens with one attached hydrogen (secondary N) is 1. The van der Waals surface area contributed by atoms with Crippen LogP contribution in [0.5, 0.6) is 0 Å². The third kappa shape index (κ3) is 3.84. The summed E-state index contributed by atoms with van der Waals surface area (Å²) in [6.45, 7) is 11.0. The number of pyridine rings is 1. The van der Waals surface area contributed by atoms with Crippen molar-refractivity contribution >= 4 is 27.5 Å². The molecule has 0 atom stereocenters. The summed E-state index contributed by atoms with van der Waals surface area (Å²) in [4.78, 5) is 4.52. The number of hydrogen-bond donors (Lipinski definition) is 1. The highest BCUT2D eigenvalue weighted by atomic mass is 79.9. The maximum Gasteiger partial charge on any atom is 0.158 e. The van der Waals surface area contributed by atoms with Crippen LogP contribution < -0.4 is 5.32 Å². The minimum atomic E-state index is 0.0340. The Morgan fingerprint density at radius 2 is 2.00 bits per heavy atom. The lowest BCUT2D eigenvalue weighted by atomic mass is 10.1. The molecule has 21 heavy (non-hydrogen) atoms. The summed E-state index contributed by atoms with van der Waals surface area (Å²) in [6, 6.07) is 2.06. The van der Waals surface area contributed by atoms with E-state index in [1.165, 1.54) is 0 Å². The summed E-state index contributed by atoms with van der Waals surface area (Å²) in [7, 11) is 0. The van der Waals surface area contributed by atoms with Gasteiger partial charge >= 0.3 is 0 Å². The predicted octanol–water partition coefficient (Wildman–Crippen LogP) is 4.19. The molecule has 114 valence electrons. The molecule has 0 saturated heterocycles. The van der Waals surface area contributed by atoms with Crippen molar-refractivity contribution in [3.8, 4) is 5.82 Å². The zero-order chi connectivity index (χ0) is 15.8. The second-order valence-electron chi connectivity index (χ2n) is 6.14. The van der Waals surface area contributed by atoms with Crippen LogP contribution in [-0.4, -0.2) is 20.3 Å². The fourth-order valence-electron chi connectivity index (χ4n) is 1.99. The normalized spacial score (nSPS) is 12.0. The lowest BCUT2D eigenvalue weighted by molar-refractivity contribution is 0.423. The van der Waals surface area contributed by atoms with Gasteiger partial charge in [0.05, 0.1) is 16.4 Å². The van der Waals surface area contributed by atoms with E-state index in [0.717, 1.165) is 27.2 Å². The molecule has 0 fully saturated rings. The van der Waals surface area contributed by atoms with Gasteiger partial charge in [-0.2, -0.15) is 5.10 Å². The second kappa shape index (κ2) is 6.07. The van der Waals surface area contributed by atoms with Crippen molar-refractivity contribution in [2.45, 2.75) is 46.7 Å². The fraction of sp³-hybridized carbons (Fsp3) is 0.467. The Bertz CT molecular complexity index is 658. The summed E-state index contributed by atoms with van der Waals surface area (Å²) < 4.78 is 2.76. The molecule has 1 N–H and O–H groups in total. The van der Waals surface area contributed by atoms with Crippen LogP contribution in [0.2, 0.25) is 5.02 Å². The third-order valence-corrected chi connectivity index (χ3v) is 4.10. The minimum Gasteiger partial charge on any atom is -0.308 e. The molecule has 4 nitrogen and oxygen atoms in total. The van der Waals surface area contributed by atoms with Crippen molar-refractivity contribution in [1.29, 1.82) is 0 Å². The maximum atomic E-state index is 6.25. The average molecular weight is 372 g/mol. The molecule has 0 radical (unpaired) electrons. The first-order valence-corrected chi connectivity index (χ1v) is 7.97. The van der Waals surface area contributed by atoms with Crippen molar-refractivity contribution in [1.82, 2.24) is 20.1 Å². The molecule has 2 heterocycles. The van der Waals surface area contributed by atoms with Gasteiger partial charge in [0, 0.05) is 28.3 Å². The summed E-state index contributed by atoms with van der Waals surface area (Å²) in [5.74, 6) is 0.808. The number of aryl methyl sites for hydroxylation is 1. The Morgan fingerprint density at radius 1 is 1.33 bits per heavy atom. The molecular weight excluding hydrogens is 352 g/mol. The minimum absolute atomic E-state index is 0.0340. The van der Waals surface area contributed by atoms with E-state index in [1.54, 1.807) is 6.20 Å². The smallest absolute Gasteiger partial charge is 0.158 e. The molecule has 0 spiro atoms. The fourth-order valence-corrected chi connectivity index (χ4v) is 2.48. The molecule has 6 heteroatoms. The average Bonchev–Trinajstić information content (AvgIpc) is 2.63. The van der Waals surface area contributed by atoms with Crippen LogP contribution in [0.1, 0.15) is 37.7 Å². The molecule has 0 saturated carbocycles. The summed E-state index contributed by atoms with van der Waals surface area (Å²) in [5.41, 5.74) is 2.82. The number of rotatable bonds is 3. The molecule has 0 aromatic carbocycles. The van der Waals surface area contributed by atoms with Crippen molar-refractivity contribution in [2.24, 2.45) is 0 Å². The van der Waals surface area contributed by atoms with Crippen LogP contribution in [0.3, 0.4) is 0 Å². The molecule has 0 bridgehead atoms. The Morgan fingerprint density at radius 3 is 2.52 bits per heavy atom. The van der Waals surface area contributed by atoms with Crippen molar-refractivity contribution in [3.63, 3.8) is 0 Å². The van der Waals surface area contributed by atoms with Crippen LogP contribution in [0, 0.1) is 13.8 Å². The highest BCUT2D eigenvalue weighted by molar-refractivity contribution is 9.10. The van der Waals surface area contributed by atoms with E-state index in [9.17, 15) is 0 Å². The van der Waals surface area contributed by atoms with E-state index in [1.807, 2.05) is 18.5 Å². The molecule has 0 amide bonds. The van der Waals surface area contributed by atoms with Crippen molar-refractivity contribution < 1.29 is 0 Å². The van der Waals surface area contributed by atoms with Gasteiger partial charge in [-0.25, -0.2) is 9.67 Å². The van der Waals surface area contributed by atoms with Crippen molar-refractivity contribution in [2.75, 3.05) is 0 Å². The summed E-state index contributed by atoms with van der Waals surface area (Å²) in [6.07, 6.45) is 1.78. The lowest BCUT2D eigenvalue weighted by Crippen LogP contribution is -2.35. The predicted molar refractivity (Wildman–Crippen MR) is 90.1 cm³/mol. The van der Waals surface area contributed by atoms with Crippen LogP contribution in [0.25, 0.3) is 5.82 Å². The van der Waals surface area contributed by atoms with Gasteiger partial charge in [0.1, 0.15) is 0 Å². The maximum absolute atomic E-state index is 6.25. The number of aromatic nitrogens is 3. The van der Waals surface area contributed by atoms with Gasteiger partial charge in [0.15, 0.2) is 5.82 Å². The van der Waals surface area contributed by atoms with Gasteiger partial charge in [0.2, 0.25) is 0 Å². The van der Waals surface area contributed by atoms with Crippen LogP contribution >= 0.6 is 27.5 Å². The van der Waals surface area contributed by atoms with Gasteiger partial charge in [-0.1, -0.05) is 11.6 Å². The SMILES string of the molecule is Cc1nn(-c2ncc(Br)cc2CNC(C)(C)C)c(C)c1Cl. The quantitative estimate of drug-likeness (QED) is 0.880.